The van der Waals surface area contributed by atoms with Crippen LogP contribution in [0.2, 0.25) is 0 Å². The first-order valence-electron chi connectivity index (χ1n) is 24.2. The number of rotatable bonds is 7. The minimum absolute atomic E-state index is 0.0382. The van der Waals surface area contributed by atoms with Gasteiger partial charge >= 0.3 is 0 Å². The highest BCUT2D eigenvalue weighted by molar-refractivity contribution is 6.27. The molecule has 0 radical (unpaired) electrons. The molecule has 1 N–H and O–H groups in total. The molecule has 9 aromatic carbocycles. The molecule has 0 saturated carbocycles. The van der Waals surface area contributed by atoms with Gasteiger partial charge in [0.1, 0.15) is 34.5 Å². The minimum atomic E-state index is -0.501. The number of hydrogen-bond acceptors (Lipinski definition) is 6. The van der Waals surface area contributed by atoms with Crippen LogP contribution in [0.1, 0.15) is 46.8 Å². The van der Waals surface area contributed by atoms with Crippen LogP contribution in [0.3, 0.4) is 0 Å². The van der Waals surface area contributed by atoms with Crippen LogP contribution in [0.25, 0.3) is 82.7 Å². The molecule has 14 rings (SSSR count). The fraction of sp³-hybridized carbons (Fsp3) is 0.0615. The quantitative estimate of drug-likeness (QED) is 0.162. The van der Waals surface area contributed by atoms with E-state index in [-0.39, 0.29) is 12.1 Å². The molecule has 0 spiro atoms. The maximum atomic E-state index is 6.70. The summed E-state index contributed by atoms with van der Waals surface area (Å²) in [4.78, 5) is 15.8. The van der Waals surface area contributed by atoms with Gasteiger partial charge in [0, 0.05) is 66.2 Å². The predicted molar refractivity (Wildman–Crippen MR) is 290 cm³/mol. The number of aromatic nitrogens is 1. The van der Waals surface area contributed by atoms with Crippen molar-refractivity contribution in [2.24, 2.45) is 9.98 Å². The molecule has 0 saturated heterocycles. The fourth-order valence-electron chi connectivity index (χ4n) is 11.2. The third-order valence-electron chi connectivity index (χ3n) is 14.6. The van der Waals surface area contributed by atoms with Crippen molar-refractivity contribution in [3.63, 3.8) is 0 Å². The second-order valence-corrected chi connectivity index (χ2v) is 18.8. The predicted octanol–water partition coefficient (Wildman–Crippen LogP) is 15.7. The van der Waals surface area contributed by atoms with Gasteiger partial charge in [-0.15, -0.1) is 0 Å². The molecule has 2 aromatic heterocycles. The van der Waals surface area contributed by atoms with E-state index in [4.69, 9.17) is 24.1 Å². The molecular weight excluding hydrogens is 869 g/mol. The molecule has 71 heavy (non-hydrogen) atoms. The van der Waals surface area contributed by atoms with Gasteiger partial charge in [-0.05, 0) is 65.1 Å². The van der Waals surface area contributed by atoms with E-state index in [0.29, 0.717) is 5.84 Å². The number of hydrogen-bond donors (Lipinski definition) is 1. The number of nitrogens with zero attached hydrogens (tertiary/aromatic N) is 3. The molecule has 11 aromatic rings. The molecule has 3 unspecified atom stereocenters. The van der Waals surface area contributed by atoms with Crippen molar-refractivity contribution in [1.29, 1.82) is 0 Å². The van der Waals surface area contributed by atoms with Crippen molar-refractivity contribution in [3.8, 4) is 39.3 Å². The Hall–Kier alpha value is -9.13. The summed E-state index contributed by atoms with van der Waals surface area (Å²) < 4.78 is 13.3. The largest absolute Gasteiger partial charge is 0.481 e. The number of pyridine rings is 1. The lowest BCUT2D eigenvalue weighted by Crippen LogP contribution is -2.37. The molecule has 0 bridgehead atoms. The summed E-state index contributed by atoms with van der Waals surface area (Å²) in [5, 5.41) is 9.22. The molecule has 1 aliphatic carbocycles. The fourth-order valence-corrected chi connectivity index (χ4v) is 11.2. The molecule has 336 valence electrons. The van der Waals surface area contributed by atoms with Gasteiger partial charge in [0.2, 0.25) is 0 Å². The minimum Gasteiger partial charge on any atom is -0.481 e. The van der Waals surface area contributed by atoms with Gasteiger partial charge in [-0.2, -0.15) is 0 Å². The van der Waals surface area contributed by atoms with E-state index >= 15 is 0 Å². The van der Waals surface area contributed by atoms with Crippen molar-refractivity contribution >= 4 is 60.9 Å². The monoisotopic (exact) mass is 912 g/mol. The van der Waals surface area contributed by atoms with Crippen LogP contribution in [0.4, 0.5) is 0 Å². The molecule has 0 fully saturated rings. The van der Waals surface area contributed by atoms with Crippen molar-refractivity contribution in [2.75, 3.05) is 0 Å². The van der Waals surface area contributed by atoms with Crippen LogP contribution in [-0.4, -0.2) is 22.3 Å². The average Bonchev–Trinajstić information content (AvgIpc) is 3.97. The number of para-hydroxylation sites is 3. The van der Waals surface area contributed by atoms with E-state index in [2.05, 4.69) is 225 Å². The number of furan rings is 1. The highest BCUT2D eigenvalue weighted by Crippen LogP contribution is 2.53. The number of ether oxygens (including phenoxy) is 1. The third kappa shape index (κ3) is 6.74. The van der Waals surface area contributed by atoms with E-state index < -0.39 is 5.60 Å². The standard InChI is InChI=1S/C65H44N4O2/c1-65-52(25-15-26-53(65)48-22-9-13-29-56(48)71-65)41-32-36-45(37-33-41)63-67-62(44-18-6-3-7-19-44)68-64(69-63)47-21-14-20-46(38-47)40-30-34-43(35-31-40)61-51-39-57-60(50-24-10-12-28-55(50)70-57)58(42-16-4-2-5-17-42)59(51)49-23-8-11-27-54(49)66-61/h2-39,52,62H,1H3,(H,67,68,69). The Bertz CT molecular complexity index is 4060. The van der Waals surface area contributed by atoms with Crippen molar-refractivity contribution in [2.45, 2.75) is 24.6 Å². The second-order valence-electron chi connectivity index (χ2n) is 18.8. The highest BCUT2D eigenvalue weighted by atomic mass is 16.5. The number of fused-ring (bicyclic) bond motifs is 9. The van der Waals surface area contributed by atoms with Crippen LogP contribution in [0.15, 0.2) is 245 Å². The van der Waals surface area contributed by atoms with E-state index in [1.807, 2.05) is 18.2 Å². The maximum absolute atomic E-state index is 6.70. The van der Waals surface area contributed by atoms with Crippen molar-refractivity contribution < 1.29 is 9.15 Å². The number of nitrogens with one attached hydrogen (secondary N) is 1. The number of allylic oxidation sites excluding steroid dienone is 2. The summed E-state index contributed by atoms with van der Waals surface area (Å²) in [6.07, 6.45) is 6.27. The molecule has 6 heteroatoms. The number of aliphatic imine (C=N–C) groups is 2. The summed E-state index contributed by atoms with van der Waals surface area (Å²) in [6, 6.07) is 74.4. The normalized spacial score (nSPS) is 18.1. The van der Waals surface area contributed by atoms with Gasteiger partial charge in [-0.25, -0.2) is 15.0 Å². The van der Waals surface area contributed by atoms with Crippen LogP contribution in [0.5, 0.6) is 5.75 Å². The SMILES string of the molecule is CC12Oc3ccccc3C1=CC=CC2c1ccc(C2=NC(c3ccccc3)NC(c3cccc(-c4ccc(-c5nc6ccccc6c6c(-c7ccccc7)c7c(cc56)oc5ccccc57)cc4)c3)=N2)cc1. The van der Waals surface area contributed by atoms with Gasteiger partial charge in [-0.1, -0.05) is 200 Å². The first kappa shape index (κ1) is 40.9. The Labute approximate surface area is 410 Å². The Balaban J connectivity index is 0.821. The molecule has 0 amide bonds. The lowest BCUT2D eigenvalue weighted by atomic mass is 9.74. The van der Waals surface area contributed by atoms with E-state index in [9.17, 15) is 0 Å². The summed E-state index contributed by atoms with van der Waals surface area (Å²) in [6.45, 7) is 2.20. The van der Waals surface area contributed by atoms with Gasteiger partial charge in [0.15, 0.2) is 5.84 Å². The molecular formula is C65H44N4O2. The Morgan fingerprint density at radius 1 is 0.521 bits per heavy atom. The zero-order valence-electron chi connectivity index (χ0n) is 38.8. The van der Waals surface area contributed by atoms with Gasteiger partial charge in [0.05, 0.1) is 11.2 Å². The van der Waals surface area contributed by atoms with Crippen LogP contribution >= 0.6 is 0 Å². The summed E-state index contributed by atoms with van der Waals surface area (Å²) in [5.41, 5.74) is 15.1. The summed E-state index contributed by atoms with van der Waals surface area (Å²) >= 11 is 0. The number of amidine groups is 2. The zero-order valence-corrected chi connectivity index (χ0v) is 38.8. The maximum Gasteiger partial charge on any atom is 0.159 e. The topological polar surface area (TPSA) is 72.0 Å². The highest BCUT2D eigenvalue weighted by Gasteiger charge is 2.47. The first-order chi connectivity index (χ1) is 35.0. The second kappa shape index (κ2) is 16.3. The molecule has 3 atom stereocenters. The average molecular weight is 913 g/mol. The van der Waals surface area contributed by atoms with E-state index in [0.717, 1.165) is 111 Å². The Morgan fingerprint density at radius 3 is 2.06 bits per heavy atom. The zero-order chi connectivity index (χ0) is 47.0. The Morgan fingerprint density at radius 2 is 1.21 bits per heavy atom. The van der Waals surface area contributed by atoms with Crippen LogP contribution in [-0.2, 0) is 0 Å². The van der Waals surface area contributed by atoms with Crippen LogP contribution in [0, 0.1) is 0 Å². The van der Waals surface area contributed by atoms with Gasteiger partial charge in [-0.3, -0.25) is 0 Å². The van der Waals surface area contributed by atoms with E-state index in [1.165, 1.54) is 11.1 Å². The number of benzene rings is 9. The lowest BCUT2D eigenvalue weighted by Gasteiger charge is -2.35. The summed E-state index contributed by atoms with van der Waals surface area (Å²) in [5.74, 6) is 2.41. The lowest BCUT2D eigenvalue weighted by molar-refractivity contribution is 0.149. The first-order valence-corrected chi connectivity index (χ1v) is 24.2. The van der Waals surface area contributed by atoms with Crippen molar-refractivity contribution in [1.82, 2.24) is 10.3 Å². The molecule has 4 heterocycles. The molecule has 6 nitrogen and oxygen atoms in total. The molecule has 3 aliphatic rings. The van der Waals surface area contributed by atoms with Gasteiger partial charge in [0.25, 0.3) is 0 Å². The Kier molecular flexibility index (Phi) is 9.36. The van der Waals surface area contributed by atoms with Gasteiger partial charge < -0.3 is 14.5 Å². The van der Waals surface area contributed by atoms with E-state index in [1.54, 1.807) is 0 Å². The third-order valence-corrected chi connectivity index (χ3v) is 14.6. The summed E-state index contributed by atoms with van der Waals surface area (Å²) in [7, 11) is 0. The van der Waals surface area contributed by atoms with Crippen molar-refractivity contribution in [3.05, 3.63) is 258 Å². The molecule has 2 aliphatic heterocycles. The van der Waals surface area contributed by atoms with Crippen LogP contribution < -0.4 is 10.1 Å². The smallest absolute Gasteiger partial charge is 0.159 e.